The van der Waals surface area contributed by atoms with Crippen LogP contribution in [0.1, 0.15) is 15.9 Å². The molecule has 2 N–H and O–H groups in total. The Kier molecular flexibility index (Phi) is 4.77. The van der Waals surface area contributed by atoms with E-state index in [0.29, 0.717) is 6.54 Å². The summed E-state index contributed by atoms with van der Waals surface area (Å²) < 4.78 is 29.7. The smallest absolute Gasteiger partial charge is 0.337 e. The second-order valence-electron chi connectivity index (χ2n) is 6.42. The fourth-order valence-electron chi connectivity index (χ4n) is 3.21. The highest BCUT2D eigenvalue weighted by Gasteiger charge is 2.23. The van der Waals surface area contributed by atoms with Crippen LogP contribution in [0.2, 0.25) is 0 Å². The van der Waals surface area contributed by atoms with Crippen LogP contribution in [0.5, 0.6) is 0 Å². The highest BCUT2D eigenvalue weighted by atomic mass is 32.2. The quantitative estimate of drug-likeness (QED) is 0.509. The molecule has 7 nitrogen and oxygen atoms in total. The Hall–Kier alpha value is -3.65. The lowest BCUT2D eigenvalue weighted by molar-refractivity contribution is 0.0692. The van der Waals surface area contributed by atoms with Gasteiger partial charge in [0.25, 0.3) is 10.0 Å². The average Bonchev–Trinajstić information content (AvgIpc) is 3.14. The van der Waals surface area contributed by atoms with Gasteiger partial charge in [-0.1, -0.05) is 54.6 Å². The number of aromatic nitrogens is 2. The fourth-order valence-corrected chi connectivity index (χ4v) is 4.43. The van der Waals surface area contributed by atoms with Gasteiger partial charge in [0.1, 0.15) is 4.90 Å². The molecule has 1 heterocycles. The Morgan fingerprint density at radius 2 is 1.72 bits per heavy atom. The minimum absolute atomic E-state index is 0.109. The van der Waals surface area contributed by atoms with E-state index in [9.17, 15) is 18.3 Å². The lowest BCUT2D eigenvalue weighted by Gasteiger charge is -2.13. The number of fused-ring (bicyclic) bond motifs is 1. The molecule has 0 bridgehead atoms. The van der Waals surface area contributed by atoms with E-state index in [2.05, 4.69) is 9.71 Å². The number of sulfonamides is 1. The standard InChI is InChI=1S/C21H17N3O4S/c25-20(26)18-10-3-4-11-19(18)29(27,28)23-21-22-12-13-24(21)14-16-8-5-7-15-6-1-2-9-17(15)16/h1-13H,14H2,(H,22,23)(H,25,26). The van der Waals surface area contributed by atoms with Gasteiger partial charge in [0, 0.05) is 12.4 Å². The van der Waals surface area contributed by atoms with Crippen molar-refractivity contribution in [2.24, 2.45) is 0 Å². The van der Waals surface area contributed by atoms with Crippen molar-refractivity contribution in [2.75, 3.05) is 4.72 Å². The normalized spacial score (nSPS) is 11.4. The van der Waals surface area contributed by atoms with Crippen molar-refractivity contribution < 1.29 is 18.3 Å². The van der Waals surface area contributed by atoms with Crippen LogP contribution in [-0.4, -0.2) is 29.0 Å². The summed E-state index contributed by atoms with van der Waals surface area (Å²) in [5, 5.41) is 11.4. The minimum atomic E-state index is -4.13. The maximum Gasteiger partial charge on any atom is 0.337 e. The Balaban J connectivity index is 1.68. The number of hydrogen-bond acceptors (Lipinski definition) is 4. The van der Waals surface area contributed by atoms with Crippen molar-refractivity contribution in [1.29, 1.82) is 0 Å². The fraction of sp³-hybridized carbons (Fsp3) is 0.0476. The van der Waals surface area contributed by atoms with Crippen molar-refractivity contribution in [3.63, 3.8) is 0 Å². The molecule has 0 spiro atoms. The number of nitrogens with one attached hydrogen (secondary N) is 1. The Morgan fingerprint density at radius 1 is 1.00 bits per heavy atom. The molecule has 0 unspecified atom stereocenters. The molecule has 0 aliphatic carbocycles. The number of carboxylic acids is 1. The third-order valence-electron chi connectivity index (χ3n) is 4.57. The molecule has 4 rings (SSSR count). The number of rotatable bonds is 6. The van der Waals surface area contributed by atoms with Crippen molar-refractivity contribution in [3.05, 3.63) is 90.3 Å². The van der Waals surface area contributed by atoms with Crippen LogP contribution in [-0.2, 0) is 16.6 Å². The Labute approximate surface area is 167 Å². The highest BCUT2D eigenvalue weighted by Crippen LogP contribution is 2.22. The number of imidazole rings is 1. The summed E-state index contributed by atoms with van der Waals surface area (Å²) in [6.07, 6.45) is 3.16. The molecule has 0 atom stereocenters. The third-order valence-corrected chi connectivity index (χ3v) is 5.96. The van der Waals surface area contributed by atoms with Crippen molar-refractivity contribution in [1.82, 2.24) is 9.55 Å². The van der Waals surface area contributed by atoms with Gasteiger partial charge < -0.3 is 9.67 Å². The van der Waals surface area contributed by atoms with Crippen LogP contribution in [0, 0.1) is 0 Å². The first-order valence-corrected chi connectivity index (χ1v) is 10.3. The topological polar surface area (TPSA) is 101 Å². The molecular weight excluding hydrogens is 390 g/mol. The van der Waals surface area contributed by atoms with Gasteiger partial charge in [-0.15, -0.1) is 0 Å². The molecule has 0 aliphatic heterocycles. The first-order valence-electron chi connectivity index (χ1n) is 8.78. The van der Waals surface area contributed by atoms with E-state index in [4.69, 9.17) is 0 Å². The van der Waals surface area contributed by atoms with Gasteiger partial charge in [-0.2, -0.15) is 0 Å². The van der Waals surface area contributed by atoms with Crippen LogP contribution >= 0.6 is 0 Å². The van der Waals surface area contributed by atoms with E-state index in [1.807, 2.05) is 42.5 Å². The molecule has 29 heavy (non-hydrogen) atoms. The van der Waals surface area contributed by atoms with Crippen LogP contribution in [0.25, 0.3) is 10.8 Å². The Bertz CT molecular complexity index is 1310. The van der Waals surface area contributed by atoms with Crippen LogP contribution < -0.4 is 4.72 Å². The van der Waals surface area contributed by atoms with Gasteiger partial charge in [-0.3, -0.25) is 0 Å². The summed E-state index contributed by atoms with van der Waals surface area (Å²) in [6.45, 7) is 0.403. The highest BCUT2D eigenvalue weighted by molar-refractivity contribution is 7.92. The predicted molar refractivity (Wildman–Crippen MR) is 109 cm³/mol. The average molecular weight is 407 g/mol. The zero-order valence-corrected chi connectivity index (χ0v) is 16.0. The van der Waals surface area contributed by atoms with Gasteiger partial charge in [0.05, 0.1) is 12.1 Å². The van der Waals surface area contributed by atoms with Crippen molar-refractivity contribution in [3.8, 4) is 0 Å². The summed E-state index contributed by atoms with van der Waals surface area (Å²) in [4.78, 5) is 15.2. The molecule has 8 heteroatoms. The first-order chi connectivity index (χ1) is 14.0. The largest absolute Gasteiger partial charge is 0.478 e. The summed E-state index contributed by atoms with van der Waals surface area (Å²) in [5.74, 6) is -1.21. The first kappa shape index (κ1) is 18.7. The van der Waals surface area contributed by atoms with Gasteiger partial charge in [-0.05, 0) is 28.5 Å². The SMILES string of the molecule is O=C(O)c1ccccc1S(=O)(=O)Nc1nccn1Cc1cccc2ccccc12. The van der Waals surface area contributed by atoms with Gasteiger partial charge in [0.15, 0.2) is 0 Å². The minimum Gasteiger partial charge on any atom is -0.478 e. The van der Waals surface area contributed by atoms with Crippen LogP contribution in [0.4, 0.5) is 5.95 Å². The predicted octanol–water partition coefficient (Wildman–Crippen LogP) is 3.58. The van der Waals surface area contributed by atoms with E-state index in [0.717, 1.165) is 16.3 Å². The van der Waals surface area contributed by atoms with Gasteiger partial charge >= 0.3 is 5.97 Å². The van der Waals surface area contributed by atoms with E-state index >= 15 is 0 Å². The van der Waals surface area contributed by atoms with Gasteiger partial charge in [0.2, 0.25) is 5.95 Å². The number of anilines is 1. The molecule has 3 aromatic carbocycles. The molecular formula is C21H17N3O4S. The van der Waals surface area contributed by atoms with Crippen LogP contribution in [0.15, 0.2) is 84.0 Å². The molecule has 0 saturated carbocycles. The molecule has 1 aromatic heterocycles. The molecule has 0 fully saturated rings. The lowest BCUT2D eigenvalue weighted by atomic mass is 10.0. The number of carboxylic acid groups (broad SMARTS) is 1. The summed E-state index contributed by atoms with van der Waals surface area (Å²) in [7, 11) is -4.13. The van der Waals surface area contributed by atoms with E-state index < -0.39 is 16.0 Å². The zero-order valence-electron chi connectivity index (χ0n) is 15.2. The molecule has 0 saturated heterocycles. The maximum atomic E-state index is 12.8. The lowest BCUT2D eigenvalue weighted by Crippen LogP contribution is -2.19. The van der Waals surface area contributed by atoms with Crippen LogP contribution in [0.3, 0.4) is 0 Å². The number of aromatic carboxylic acids is 1. The third kappa shape index (κ3) is 3.70. The number of carbonyl (C=O) groups is 1. The second kappa shape index (κ2) is 7.40. The second-order valence-corrected chi connectivity index (χ2v) is 8.07. The van der Waals surface area contributed by atoms with Crippen molar-refractivity contribution >= 4 is 32.7 Å². The molecule has 146 valence electrons. The number of benzene rings is 3. The number of hydrogen-bond donors (Lipinski definition) is 2. The zero-order chi connectivity index (χ0) is 20.4. The monoisotopic (exact) mass is 407 g/mol. The summed E-state index contributed by atoms with van der Waals surface area (Å²) >= 11 is 0. The summed E-state index contributed by atoms with van der Waals surface area (Å²) in [5.41, 5.74) is 0.708. The molecule has 0 amide bonds. The van der Waals surface area contributed by atoms with E-state index in [-0.39, 0.29) is 16.4 Å². The van der Waals surface area contributed by atoms with Gasteiger partial charge in [-0.25, -0.2) is 22.9 Å². The Morgan fingerprint density at radius 3 is 2.55 bits per heavy atom. The summed E-state index contributed by atoms with van der Waals surface area (Å²) in [6, 6.07) is 19.3. The van der Waals surface area contributed by atoms with E-state index in [1.165, 1.54) is 30.5 Å². The molecule has 0 aliphatic rings. The maximum absolute atomic E-state index is 12.8. The molecule has 0 radical (unpaired) electrons. The van der Waals surface area contributed by atoms with E-state index in [1.54, 1.807) is 10.8 Å². The number of nitrogens with zero attached hydrogens (tertiary/aromatic N) is 2. The molecule has 4 aromatic rings. The van der Waals surface area contributed by atoms with Crippen molar-refractivity contribution in [2.45, 2.75) is 11.4 Å².